The van der Waals surface area contributed by atoms with E-state index >= 15 is 0 Å². The van der Waals surface area contributed by atoms with Crippen molar-refractivity contribution in [2.24, 2.45) is 0 Å². The molecule has 0 radical (unpaired) electrons. The lowest BCUT2D eigenvalue weighted by molar-refractivity contribution is 0.252. The molecule has 1 aromatic carbocycles. The molecule has 0 spiro atoms. The number of hydrogen-bond acceptors (Lipinski definition) is 3. The van der Waals surface area contributed by atoms with Gasteiger partial charge in [0.05, 0.1) is 10.6 Å². The predicted molar refractivity (Wildman–Crippen MR) is 80.7 cm³/mol. The van der Waals surface area contributed by atoms with Crippen molar-refractivity contribution in [1.82, 2.24) is 5.32 Å². The Morgan fingerprint density at radius 3 is 2.30 bits per heavy atom. The Balaban J connectivity index is 2.51. The Kier molecular flexibility index (Phi) is 6.51. The Labute approximate surface area is 120 Å². The van der Waals surface area contributed by atoms with Crippen LogP contribution in [0.5, 0.6) is 0 Å². The van der Waals surface area contributed by atoms with E-state index in [9.17, 15) is 13.2 Å². The maximum atomic E-state index is 11.6. The summed E-state index contributed by atoms with van der Waals surface area (Å²) in [6.45, 7) is 4.35. The second-order valence-corrected chi connectivity index (χ2v) is 6.79. The van der Waals surface area contributed by atoms with Gasteiger partial charge in [0, 0.05) is 12.2 Å². The highest BCUT2D eigenvalue weighted by Crippen LogP contribution is 2.15. The molecule has 5 nitrogen and oxygen atoms in total. The quantitative estimate of drug-likeness (QED) is 0.760. The van der Waals surface area contributed by atoms with Crippen LogP contribution in [0, 0.1) is 0 Å². The fourth-order valence-corrected chi connectivity index (χ4v) is 2.55. The van der Waals surface area contributed by atoms with Crippen molar-refractivity contribution in [3.05, 3.63) is 24.3 Å². The molecule has 0 aliphatic carbocycles. The molecule has 0 bridgehead atoms. The minimum atomic E-state index is -3.19. The molecule has 20 heavy (non-hydrogen) atoms. The van der Waals surface area contributed by atoms with Crippen molar-refractivity contribution in [2.45, 2.75) is 38.0 Å². The number of hydrogen-bond donors (Lipinski definition) is 2. The standard InChI is InChI=1S/C14H22N2O3S/c1-3-5-6-11-15-14(17)16-12-7-9-13(10-8-12)20(18,19)4-2/h7-10H,3-6,11H2,1-2H3,(H2,15,16,17). The van der Waals surface area contributed by atoms with Gasteiger partial charge in [-0.2, -0.15) is 0 Å². The third kappa shape index (κ3) is 5.21. The van der Waals surface area contributed by atoms with E-state index in [0.29, 0.717) is 12.2 Å². The molecule has 1 aromatic rings. The summed E-state index contributed by atoms with van der Waals surface area (Å²) >= 11 is 0. The topological polar surface area (TPSA) is 75.3 Å². The third-order valence-electron chi connectivity index (χ3n) is 2.92. The van der Waals surface area contributed by atoms with E-state index in [2.05, 4.69) is 17.6 Å². The lowest BCUT2D eigenvalue weighted by Crippen LogP contribution is -2.29. The van der Waals surface area contributed by atoms with Crippen LogP contribution >= 0.6 is 0 Å². The van der Waals surface area contributed by atoms with E-state index in [0.717, 1.165) is 19.3 Å². The van der Waals surface area contributed by atoms with Crippen molar-refractivity contribution in [3.63, 3.8) is 0 Å². The maximum absolute atomic E-state index is 11.6. The van der Waals surface area contributed by atoms with Gasteiger partial charge in [0.25, 0.3) is 0 Å². The van der Waals surface area contributed by atoms with Crippen molar-refractivity contribution in [1.29, 1.82) is 0 Å². The number of rotatable bonds is 7. The lowest BCUT2D eigenvalue weighted by atomic mass is 10.2. The largest absolute Gasteiger partial charge is 0.338 e. The SMILES string of the molecule is CCCCCNC(=O)Nc1ccc(S(=O)(=O)CC)cc1. The lowest BCUT2D eigenvalue weighted by Gasteiger charge is -2.08. The molecule has 2 N–H and O–H groups in total. The molecule has 2 amide bonds. The number of amides is 2. The summed E-state index contributed by atoms with van der Waals surface area (Å²) in [5, 5.41) is 5.42. The van der Waals surface area contributed by atoms with E-state index in [4.69, 9.17) is 0 Å². The number of carbonyl (C=O) groups excluding carboxylic acids is 1. The van der Waals surface area contributed by atoms with E-state index in [1.807, 2.05) is 0 Å². The molecule has 0 aliphatic rings. The smallest absolute Gasteiger partial charge is 0.319 e. The Morgan fingerprint density at radius 1 is 1.10 bits per heavy atom. The zero-order valence-corrected chi connectivity index (χ0v) is 12.8. The highest BCUT2D eigenvalue weighted by Gasteiger charge is 2.11. The number of urea groups is 1. The first-order valence-electron chi connectivity index (χ1n) is 6.87. The zero-order chi connectivity index (χ0) is 15.0. The molecule has 0 saturated carbocycles. The fraction of sp³-hybridized carbons (Fsp3) is 0.500. The molecule has 0 unspecified atom stereocenters. The van der Waals surface area contributed by atoms with Crippen LogP contribution in [0.1, 0.15) is 33.1 Å². The molecule has 6 heteroatoms. The van der Waals surface area contributed by atoms with E-state index in [-0.39, 0.29) is 16.7 Å². The Hall–Kier alpha value is -1.56. The average molecular weight is 298 g/mol. The van der Waals surface area contributed by atoms with Crippen molar-refractivity contribution in [3.8, 4) is 0 Å². The van der Waals surface area contributed by atoms with Crippen molar-refractivity contribution < 1.29 is 13.2 Å². The van der Waals surface area contributed by atoms with Gasteiger partial charge >= 0.3 is 6.03 Å². The monoisotopic (exact) mass is 298 g/mol. The normalized spacial score (nSPS) is 11.1. The van der Waals surface area contributed by atoms with Gasteiger partial charge in [-0.1, -0.05) is 26.7 Å². The molecule has 0 atom stereocenters. The Bertz CT molecular complexity index is 524. The predicted octanol–water partition coefficient (Wildman–Crippen LogP) is 2.79. The minimum absolute atomic E-state index is 0.0672. The summed E-state index contributed by atoms with van der Waals surface area (Å²) in [6, 6.07) is 5.92. The number of anilines is 1. The summed E-state index contributed by atoms with van der Waals surface area (Å²) in [5.41, 5.74) is 0.577. The fourth-order valence-electron chi connectivity index (χ4n) is 1.66. The number of nitrogens with one attached hydrogen (secondary N) is 2. The number of unbranched alkanes of at least 4 members (excludes halogenated alkanes) is 2. The van der Waals surface area contributed by atoms with Gasteiger partial charge in [-0.3, -0.25) is 0 Å². The van der Waals surface area contributed by atoms with Gasteiger partial charge < -0.3 is 10.6 Å². The summed E-state index contributed by atoms with van der Waals surface area (Å²) in [6.07, 6.45) is 3.15. The van der Waals surface area contributed by atoms with E-state index in [1.54, 1.807) is 19.1 Å². The molecule has 0 fully saturated rings. The molecule has 112 valence electrons. The summed E-state index contributed by atoms with van der Waals surface area (Å²) in [7, 11) is -3.19. The van der Waals surface area contributed by atoms with Crippen LogP contribution in [0.4, 0.5) is 10.5 Å². The first-order valence-corrected chi connectivity index (χ1v) is 8.52. The van der Waals surface area contributed by atoms with Crippen LogP contribution in [0.3, 0.4) is 0 Å². The molecule has 0 aromatic heterocycles. The zero-order valence-electron chi connectivity index (χ0n) is 12.0. The van der Waals surface area contributed by atoms with Crippen molar-refractivity contribution >= 4 is 21.6 Å². The summed E-state index contributed by atoms with van der Waals surface area (Å²) in [5.74, 6) is 0.0672. The molecule has 0 heterocycles. The van der Waals surface area contributed by atoms with E-state index in [1.165, 1.54) is 12.1 Å². The van der Waals surface area contributed by atoms with Crippen LogP contribution in [-0.2, 0) is 9.84 Å². The second-order valence-electron chi connectivity index (χ2n) is 4.52. The first-order chi connectivity index (χ1) is 9.49. The molecule has 0 aliphatic heterocycles. The average Bonchev–Trinajstić information content (AvgIpc) is 2.44. The first kappa shape index (κ1) is 16.5. The number of sulfone groups is 1. The minimum Gasteiger partial charge on any atom is -0.338 e. The van der Waals surface area contributed by atoms with Gasteiger partial charge in [0.1, 0.15) is 0 Å². The van der Waals surface area contributed by atoms with Crippen LogP contribution in [0.25, 0.3) is 0 Å². The Morgan fingerprint density at radius 2 is 1.75 bits per heavy atom. The third-order valence-corrected chi connectivity index (χ3v) is 4.67. The van der Waals surface area contributed by atoms with Crippen LogP contribution < -0.4 is 10.6 Å². The number of benzene rings is 1. The van der Waals surface area contributed by atoms with Crippen LogP contribution in [0.2, 0.25) is 0 Å². The van der Waals surface area contributed by atoms with Gasteiger partial charge in [-0.05, 0) is 30.7 Å². The summed E-state index contributed by atoms with van der Waals surface area (Å²) < 4.78 is 23.3. The van der Waals surface area contributed by atoms with Gasteiger partial charge in [-0.25, -0.2) is 13.2 Å². The van der Waals surface area contributed by atoms with Gasteiger partial charge in [0.2, 0.25) is 0 Å². The number of carbonyl (C=O) groups is 1. The van der Waals surface area contributed by atoms with Crippen LogP contribution in [0.15, 0.2) is 29.2 Å². The maximum Gasteiger partial charge on any atom is 0.319 e. The molecule has 1 rings (SSSR count). The second kappa shape index (κ2) is 7.89. The molecular formula is C14H22N2O3S. The highest BCUT2D eigenvalue weighted by atomic mass is 32.2. The van der Waals surface area contributed by atoms with Crippen molar-refractivity contribution in [2.75, 3.05) is 17.6 Å². The molecule has 0 saturated heterocycles. The van der Waals surface area contributed by atoms with E-state index < -0.39 is 9.84 Å². The van der Waals surface area contributed by atoms with Gasteiger partial charge in [-0.15, -0.1) is 0 Å². The summed E-state index contributed by atoms with van der Waals surface area (Å²) in [4.78, 5) is 11.8. The molecular weight excluding hydrogens is 276 g/mol. The highest BCUT2D eigenvalue weighted by molar-refractivity contribution is 7.91. The van der Waals surface area contributed by atoms with Gasteiger partial charge in [0.15, 0.2) is 9.84 Å². The van der Waals surface area contributed by atoms with Crippen LogP contribution in [-0.4, -0.2) is 26.7 Å².